The molecule has 22 heavy (non-hydrogen) atoms. The molecule has 2 aromatic rings. The summed E-state index contributed by atoms with van der Waals surface area (Å²) < 4.78 is 46.9. The fourth-order valence-electron chi connectivity index (χ4n) is 1.53. The second-order valence-corrected chi connectivity index (χ2v) is 4.21. The number of rotatable bonds is 4. The summed E-state index contributed by atoms with van der Waals surface area (Å²) in [5, 5.41) is 0. The van der Waals surface area contributed by atoms with Gasteiger partial charge in [0.2, 0.25) is 5.88 Å². The third-order valence-electron chi connectivity index (χ3n) is 2.67. The first-order chi connectivity index (χ1) is 10.4. The smallest absolute Gasteiger partial charge is 0.433 e. The van der Waals surface area contributed by atoms with Gasteiger partial charge in [0.05, 0.1) is 12.7 Å². The maximum Gasteiger partial charge on any atom is 0.433 e. The minimum absolute atomic E-state index is 0.0587. The van der Waals surface area contributed by atoms with Crippen LogP contribution in [0, 0.1) is 0 Å². The molecule has 0 aliphatic heterocycles. The summed E-state index contributed by atoms with van der Waals surface area (Å²) in [6, 6.07) is 5.00. The van der Waals surface area contributed by atoms with Crippen LogP contribution in [0.1, 0.15) is 21.6 Å². The Hall–Kier alpha value is -2.64. The minimum Gasteiger partial charge on any atom is -0.481 e. The Labute approximate surface area is 123 Å². The van der Waals surface area contributed by atoms with Gasteiger partial charge in [0.25, 0.3) is 0 Å². The van der Waals surface area contributed by atoms with Crippen molar-refractivity contribution in [3.05, 3.63) is 53.5 Å². The van der Waals surface area contributed by atoms with E-state index in [1.165, 1.54) is 13.3 Å². The fraction of sp³-hybridized carbons (Fsp3) is 0.214. The molecule has 0 N–H and O–H groups in total. The quantitative estimate of drug-likeness (QED) is 0.812. The van der Waals surface area contributed by atoms with E-state index in [9.17, 15) is 18.0 Å². The van der Waals surface area contributed by atoms with Crippen molar-refractivity contribution in [1.82, 2.24) is 9.97 Å². The third kappa shape index (κ3) is 3.94. The van der Waals surface area contributed by atoms with Crippen LogP contribution in [-0.2, 0) is 17.5 Å². The van der Waals surface area contributed by atoms with Gasteiger partial charge in [0.15, 0.2) is 0 Å². The molecular formula is C14H11F3N2O3. The van der Waals surface area contributed by atoms with Crippen LogP contribution in [0.3, 0.4) is 0 Å². The fourth-order valence-corrected chi connectivity index (χ4v) is 1.53. The Balaban J connectivity index is 1.97. The first kappa shape index (κ1) is 15.7. The zero-order valence-corrected chi connectivity index (χ0v) is 11.4. The van der Waals surface area contributed by atoms with E-state index in [4.69, 9.17) is 9.47 Å². The second-order valence-electron chi connectivity index (χ2n) is 4.21. The molecule has 0 fully saturated rings. The van der Waals surface area contributed by atoms with Gasteiger partial charge in [-0.2, -0.15) is 13.2 Å². The molecular weight excluding hydrogens is 301 g/mol. The molecule has 2 heterocycles. The Morgan fingerprint density at radius 1 is 1.14 bits per heavy atom. The van der Waals surface area contributed by atoms with Crippen LogP contribution in [-0.4, -0.2) is 23.0 Å². The van der Waals surface area contributed by atoms with E-state index in [-0.39, 0.29) is 12.2 Å². The normalized spacial score (nSPS) is 11.1. The van der Waals surface area contributed by atoms with Crippen LogP contribution < -0.4 is 4.74 Å². The Bertz CT molecular complexity index is 640. The lowest BCUT2D eigenvalue weighted by molar-refractivity contribution is -0.141. The van der Waals surface area contributed by atoms with Crippen molar-refractivity contribution in [3.8, 4) is 5.88 Å². The van der Waals surface area contributed by atoms with Crippen molar-refractivity contribution in [2.75, 3.05) is 7.11 Å². The number of hydrogen-bond acceptors (Lipinski definition) is 5. The SMILES string of the molecule is COc1ccc(COC(=O)c2ccc(C(F)(F)F)nc2)cn1. The number of methoxy groups -OCH3 is 1. The molecule has 5 nitrogen and oxygen atoms in total. The molecule has 0 aliphatic carbocycles. The summed E-state index contributed by atoms with van der Waals surface area (Å²) in [5.41, 5.74) is -0.508. The minimum atomic E-state index is -4.54. The van der Waals surface area contributed by atoms with Crippen LogP contribution in [0.25, 0.3) is 0 Å². The summed E-state index contributed by atoms with van der Waals surface area (Å²) in [6.07, 6.45) is -2.24. The predicted octanol–water partition coefficient (Wildman–Crippen LogP) is 2.86. The summed E-state index contributed by atoms with van der Waals surface area (Å²) in [6.45, 7) is -0.0587. The molecule has 2 rings (SSSR count). The number of ether oxygens (including phenoxy) is 2. The summed E-state index contributed by atoms with van der Waals surface area (Å²) in [7, 11) is 1.47. The van der Waals surface area contributed by atoms with Crippen molar-refractivity contribution < 1.29 is 27.4 Å². The van der Waals surface area contributed by atoms with Crippen LogP contribution >= 0.6 is 0 Å². The van der Waals surface area contributed by atoms with Gasteiger partial charge in [-0.15, -0.1) is 0 Å². The maximum absolute atomic E-state index is 12.4. The zero-order valence-electron chi connectivity index (χ0n) is 11.4. The predicted molar refractivity (Wildman–Crippen MR) is 69.1 cm³/mol. The highest BCUT2D eigenvalue weighted by Crippen LogP contribution is 2.27. The number of pyridine rings is 2. The lowest BCUT2D eigenvalue weighted by Crippen LogP contribution is -2.10. The molecule has 116 valence electrons. The average molecular weight is 312 g/mol. The zero-order chi connectivity index (χ0) is 16.2. The van der Waals surface area contributed by atoms with Crippen LogP contribution in [0.15, 0.2) is 36.7 Å². The number of aromatic nitrogens is 2. The van der Waals surface area contributed by atoms with Gasteiger partial charge in [0, 0.05) is 24.0 Å². The van der Waals surface area contributed by atoms with Gasteiger partial charge in [0.1, 0.15) is 12.3 Å². The number of esters is 1. The molecule has 0 spiro atoms. The van der Waals surface area contributed by atoms with Gasteiger partial charge in [-0.05, 0) is 18.2 Å². The molecule has 8 heteroatoms. The third-order valence-corrected chi connectivity index (χ3v) is 2.67. The average Bonchev–Trinajstić information content (AvgIpc) is 2.52. The molecule has 2 aromatic heterocycles. The van der Waals surface area contributed by atoms with Crippen molar-refractivity contribution in [1.29, 1.82) is 0 Å². The molecule has 0 saturated carbocycles. The lowest BCUT2D eigenvalue weighted by Gasteiger charge is -2.07. The van der Waals surface area contributed by atoms with Gasteiger partial charge < -0.3 is 9.47 Å². The van der Waals surface area contributed by atoms with Gasteiger partial charge in [-0.1, -0.05) is 0 Å². The molecule has 0 radical (unpaired) electrons. The Morgan fingerprint density at radius 3 is 2.41 bits per heavy atom. The molecule has 0 saturated heterocycles. The van der Waals surface area contributed by atoms with E-state index in [2.05, 4.69) is 9.97 Å². The number of halogens is 3. The van der Waals surface area contributed by atoms with Crippen LogP contribution in [0.2, 0.25) is 0 Å². The first-order valence-electron chi connectivity index (χ1n) is 6.09. The molecule has 0 atom stereocenters. The van der Waals surface area contributed by atoms with Gasteiger partial charge >= 0.3 is 12.1 Å². The molecule has 0 amide bonds. The Morgan fingerprint density at radius 2 is 1.91 bits per heavy atom. The summed E-state index contributed by atoms with van der Waals surface area (Å²) >= 11 is 0. The molecule has 0 aromatic carbocycles. The summed E-state index contributed by atoms with van der Waals surface area (Å²) in [5.74, 6) is -0.348. The van der Waals surface area contributed by atoms with Crippen molar-refractivity contribution in [3.63, 3.8) is 0 Å². The monoisotopic (exact) mass is 312 g/mol. The van der Waals surface area contributed by atoms with E-state index in [1.807, 2.05) is 0 Å². The van der Waals surface area contributed by atoms with E-state index in [0.29, 0.717) is 11.4 Å². The maximum atomic E-state index is 12.4. The number of hydrogen-bond donors (Lipinski definition) is 0. The van der Waals surface area contributed by atoms with Gasteiger partial charge in [-0.25, -0.2) is 9.78 Å². The van der Waals surface area contributed by atoms with Crippen LogP contribution in [0.5, 0.6) is 5.88 Å². The highest BCUT2D eigenvalue weighted by Gasteiger charge is 2.32. The van der Waals surface area contributed by atoms with Gasteiger partial charge in [-0.3, -0.25) is 4.98 Å². The largest absolute Gasteiger partial charge is 0.481 e. The summed E-state index contributed by atoms with van der Waals surface area (Å²) in [4.78, 5) is 18.8. The number of carbonyl (C=O) groups excluding carboxylic acids is 1. The Kier molecular flexibility index (Phi) is 4.59. The second kappa shape index (κ2) is 6.42. The van der Waals surface area contributed by atoms with E-state index < -0.39 is 17.8 Å². The van der Waals surface area contributed by atoms with E-state index >= 15 is 0 Å². The molecule has 0 aliphatic rings. The van der Waals surface area contributed by atoms with Crippen LogP contribution in [0.4, 0.5) is 13.2 Å². The first-order valence-corrected chi connectivity index (χ1v) is 6.09. The van der Waals surface area contributed by atoms with Crippen molar-refractivity contribution in [2.45, 2.75) is 12.8 Å². The topological polar surface area (TPSA) is 61.3 Å². The standard InChI is InChI=1S/C14H11F3N2O3/c1-21-12-5-2-9(6-19-12)8-22-13(20)10-3-4-11(18-7-10)14(15,16)17/h2-7H,8H2,1H3. The van der Waals surface area contributed by atoms with E-state index in [1.54, 1.807) is 12.1 Å². The highest BCUT2D eigenvalue weighted by molar-refractivity contribution is 5.88. The highest BCUT2D eigenvalue weighted by atomic mass is 19.4. The number of nitrogens with zero attached hydrogens (tertiary/aromatic N) is 2. The van der Waals surface area contributed by atoms with E-state index in [0.717, 1.165) is 18.3 Å². The van der Waals surface area contributed by atoms with Crippen molar-refractivity contribution in [2.24, 2.45) is 0 Å². The van der Waals surface area contributed by atoms with Crippen molar-refractivity contribution >= 4 is 5.97 Å². The molecule has 0 bridgehead atoms. The molecule has 0 unspecified atom stereocenters. The lowest BCUT2D eigenvalue weighted by atomic mass is 10.2. The number of alkyl halides is 3. The number of carbonyl (C=O) groups is 1.